The first kappa shape index (κ1) is 17.0. The van der Waals surface area contributed by atoms with Crippen molar-refractivity contribution in [2.24, 2.45) is 10.7 Å². The second-order valence-corrected chi connectivity index (χ2v) is 5.85. The van der Waals surface area contributed by atoms with Crippen molar-refractivity contribution in [3.63, 3.8) is 0 Å². The number of aliphatic imine (C=N–C) groups is 1. The van der Waals surface area contributed by atoms with Crippen LogP contribution in [0, 0.1) is 13.8 Å². The van der Waals surface area contributed by atoms with Gasteiger partial charge in [-0.25, -0.2) is 9.50 Å². The number of aromatic nitrogens is 3. The zero-order valence-electron chi connectivity index (χ0n) is 14.2. The van der Waals surface area contributed by atoms with Gasteiger partial charge in [-0.3, -0.25) is 4.99 Å². The number of nitrogens with two attached hydrogens (primary N) is 1. The summed E-state index contributed by atoms with van der Waals surface area (Å²) in [4.78, 5) is 8.91. The summed E-state index contributed by atoms with van der Waals surface area (Å²) in [5.74, 6) is 0.684. The molecular weight excluding hydrogens is 338 g/mol. The molecule has 0 unspecified atom stereocenters. The van der Waals surface area contributed by atoms with Gasteiger partial charge in [0, 0.05) is 23.5 Å². The maximum absolute atomic E-state index is 6.30. The predicted molar refractivity (Wildman–Crippen MR) is 101 cm³/mol. The van der Waals surface area contributed by atoms with Gasteiger partial charge in [-0.2, -0.15) is 5.10 Å². The van der Waals surface area contributed by atoms with Gasteiger partial charge in [0.05, 0.1) is 24.1 Å². The van der Waals surface area contributed by atoms with Gasteiger partial charge in [0.2, 0.25) is 0 Å². The Balaban J connectivity index is 2.19. The highest BCUT2D eigenvalue weighted by atomic mass is 35.5. The smallest absolute Gasteiger partial charge is 0.165 e. The fraction of sp³-hybridized carbons (Fsp3) is 0.167. The van der Waals surface area contributed by atoms with E-state index in [0.29, 0.717) is 16.5 Å². The molecule has 6 nitrogen and oxygen atoms in total. The van der Waals surface area contributed by atoms with Crippen LogP contribution in [0.1, 0.15) is 11.4 Å². The Morgan fingerprint density at radius 2 is 2.08 bits per heavy atom. The summed E-state index contributed by atoms with van der Waals surface area (Å²) in [5, 5.41) is 5.02. The second kappa shape index (κ2) is 6.94. The molecule has 2 aromatic heterocycles. The molecule has 25 heavy (non-hydrogen) atoms. The van der Waals surface area contributed by atoms with Crippen molar-refractivity contribution < 1.29 is 4.74 Å². The van der Waals surface area contributed by atoms with E-state index in [1.165, 1.54) is 6.20 Å². The summed E-state index contributed by atoms with van der Waals surface area (Å²) in [5.41, 5.74) is 10.2. The number of ether oxygens (including phenoxy) is 1. The Kier molecular flexibility index (Phi) is 4.72. The summed E-state index contributed by atoms with van der Waals surface area (Å²) in [6, 6.07) is 7.49. The van der Waals surface area contributed by atoms with E-state index in [2.05, 4.69) is 15.1 Å². The van der Waals surface area contributed by atoms with E-state index < -0.39 is 0 Å². The number of nitrogens with zero attached hydrogens (tertiary/aromatic N) is 4. The van der Waals surface area contributed by atoms with E-state index in [-0.39, 0.29) is 0 Å². The van der Waals surface area contributed by atoms with Crippen LogP contribution in [0.5, 0.6) is 5.75 Å². The molecule has 0 radical (unpaired) electrons. The third-order valence-corrected chi connectivity index (χ3v) is 3.99. The van der Waals surface area contributed by atoms with Crippen LogP contribution < -0.4 is 10.5 Å². The Morgan fingerprint density at radius 1 is 1.28 bits per heavy atom. The van der Waals surface area contributed by atoms with Crippen molar-refractivity contribution in [3.05, 3.63) is 53.1 Å². The molecule has 2 heterocycles. The number of halogens is 1. The predicted octanol–water partition coefficient (Wildman–Crippen LogP) is 3.85. The number of rotatable bonds is 4. The summed E-state index contributed by atoms with van der Waals surface area (Å²) in [6.07, 6.45) is 4.71. The van der Waals surface area contributed by atoms with Gasteiger partial charge in [0.1, 0.15) is 10.9 Å². The number of allylic oxidation sites excluding steroid dienone is 1. The molecule has 0 spiro atoms. The van der Waals surface area contributed by atoms with Crippen LogP contribution in [0.15, 0.2) is 41.5 Å². The van der Waals surface area contributed by atoms with Crippen LogP contribution in [0.3, 0.4) is 0 Å². The second-order valence-electron chi connectivity index (χ2n) is 5.46. The highest BCUT2D eigenvalue weighted by Crippen LogP contribution is 2.37. The molecule has 0 aliphatic heterocycles. The summed E-state index contributed by atoms with van der Waals surface area (Å²) in [6.45, 7) is 3.82. The van der Waals surface area contributed by atoms with Crippen molar-refractivity contribution in [3.8, 4) is 16.9 Å². The highest BCUT2D eigenvalue weighted by molar-refractivity contribution is 6.29. The van der Waals surface area contributed by atoms with Crippen molar-refractivity contribution >= 4 is 29.2 Å². The van der Waals surface area contributed by atoms with E-state index in [9.17, 15) is 0 Å². The van der Waals surface area contributed by atoms with Crippen LogP contribution in [-0.2, 0) is 0 Å². The molecule has 1 aromatic carbocycles. The largest absolute Gasteiger partial charge is 0.496 e. The van der Waals surface area contributed by atoms with Crippen LogP contribution in [0.25, 0.3) is 16.8 Å². The third-order valence-electron chi connectivity index (χ3n) is 3.72. The first-order valence-electron chi connectivity index (χ1n) is 7.67. The monoisotopic (exact) mass is 355 g/mol. The lowest BCUT2D eigenvalue weighted by atomic mass is 10.0. The SMILES string of the molecule is COc1cc(N=CC=CN)ccc1-c1c(C)nn2c(Cl)cc(C)nc12. The molecule has 0 saturated carbocycles. The summed E-state index contributed by atoms with van der Waals surface area (Å²) in [7, 11) is 1.62. The van der Waals surface area contributed by atoms with E-state index in [1.807, 2.05) is 32.0 Å². The minimum absolute atomic E-state index is 0.519. The van der Waals surface area contributed by atoms with Crippen molar-refractivity contribution in [1.82, 2.24) is 14.6 Å². The average Bonchev–Trinajstić information content (AvgIpc) is 2.91. The number of methoxy groups -OCH3 is 1. The molecule has 0 aliphatic carbocycles. The molecule has 0 atom stereocenters. The van der Waals surface area contributed by atoms with Gasteiger partial charge < -0.3 is 10.5 Å². The lowest BCUT2D eigenvalue weighted by molar-refractivity contribution is 0.416. The lowest BCUT2D eigenvalue weighted by Gasteiger charge is -2.09. The van der Waals surface area contributed by atoms with Crippen LogP contribution in [0.2, 0.25) is 5.15 Å². The van der Waals surface area contributed by atoms with Crippen LogP contribution in [0.4, 0.5) is 5.69 Å². The fourth-order valence-electron chi connectivity index (χ4n) is 2.66. The minimum atomic E-state index is 0.519. The van der Waals surface area contributed by atoms with Crippen molar-refractivity contribution in [1.29, 1.82) is 0 Å². The molecule has 7 heteroatoms. The molecule has 3 aromatic rings. The lowest BCUT2D eigenvalue weighted by Crippen LogP contribution is -1.95. The van der Waals surface area contributed by atoms with Gasteiger partial charge in [-0.05, 0) is 44.3 Å². The van der Waals surface area contributed by atoms with Gasteiger partial charge in [0.15, 0.2) is 5.65 Å². The van der Waals surface area contributed by atoms with Crippen LogP contribution >= 0.6 is 11.6 Å². The molecule has 0 saturated heterocycles. The molecular formula is C18H18ClN5O. The zero-order valence-corrected chi connectivity index (χ0v) is 14.9. The first-order chi connectivity index (χ1) is 12.0. The molecule has 0 aliphatic rings. The molecule has 0 amide bonds. The average molecular weight is 356 g/mol. The molecule has 2 N–H and O–H groups in total. The number of aryl methyl sites for hydroxylation is 2. The standard InChI is InChI=1S/C18H18ClN5O/c1-11-9-16(19)24-18(22-11)17(12(2)23-24)14-6-5-13(10-15(14)25-3)21-8-4-7-20/h4-10H,20H2,1-3H3. The number of benzene rings is 1. The summed E-state index contributed by atoms with van der Waals surface area (Å²) >= 11 is 6.30. The van der Waals surface area contributed by atoms with E-state index >= 15 is 0 Å². The fourth-order valence-corrected chi connectivity index (χ4v) is 2.94. The van der Waals surface area contributed by atoms with Crippen molar-refractivity contribution in [2.75, 3.05) is 7.11 Å². The Bertz CT molecular complexity index is 991. The van der Waals surface area contributed by atoms with E-state index in [4.69, 9.17) is 22.1 Å². The van der Waals surface area contributed by atoms with Crippen LogP contribution in [-0.4, -0.2) is 27.9 Å². The van der Waals surface area contributed by atoms with E-state index in [1.54, 1.807) is 30.0 Å². The normalized spacial score (nSPS) is 11.8. The molecule has 128 valence electrons. The van der Waals surface area contributed by atoms with Gasteiger partial charge in [-0.1, -0.05) is 11.6 Å². The van der Waals surface area contributed by atoms with Gasteiger partial charge in [-0.15, -0.1) is 0 Å². The molecule has 0 bridgehead atoms. The first-order valence-corrected chi connectivity index (χ1v) is 8.04. The molecule has 0 fully saturated rings. The minimum Gasteiger partial charge on any atom is -0.496 e. The maximum atomic E-state index is 6.30. The Morgan fingerprint density at radius 3 is 2.80 bits per heavy atom. The Labute approximate surface area is 150 Å². The zero-order chi connectivity index (χ0) is 18.0. The number of hydrogen-bond donors (Lipinski definition) is 1. The van der Waals surface area contributed by atoms with Gasteiger partial charge in [0.25, 0.3) is 0 Å². The molecule has 3 rings (SSSR count). The topological polar surface area (TPSA) is 77.8 Å². The number of fused-ring (bicyclic) bond motifs is 1. The summed E-state index contributed by atoms with van der Waals surface area (Å²) < 4.78 is 7.20. The third kappa shape index (κ3) is 3.21. The van der Waals surface area contributed by atoms with Gasteiger partial charge >= 0.3 is 0 Å². The Hall–Kier alpha value is -2.86. The van der Waals surface area contributed by atoms with E-state index in [0.717, 1.165) is 28.2 Å². The maximum Gasteiger partial charge on any atom is 0.165 e. The van der Waals surface area contributed by atoms with Crippen molar-refractivity contribution in [2.45, 2.75) is 13.8 Å². The quantitative estimate of drug-likeness (QED) is 0.569. The number of hydrogen-bond acceptors (Lipinski definition) is 5. The highest BCUT2D eigenvalue weighted by Gasteiger charge is 2.18.